The summed E-state index contributed by atoms with van der Waals surface area (Å²) in [6, 6.07) is 13.0. The number of nitrogens with zero attached hydrogens (tertiary/aromatic N) is 2. The summed E-state index contributed by atoms with van der Waals surface area (Å²) in [6.07, 6.45) is 0. The molecule has 0 unspecified atom stereocenters. The van der Waals surface area contributed by atoms with Crippen molar-refractivity contribution in [3.63, 3.8) is 0 Å². The lowest BCUT2D eigenvalue weighted by Gasteiger charge is -2.31. The highest BCUT2D eigenvalue weighted by molar-refractivity contribution is 6.10. The van der Waals surface area contributed by atoms with Crippen LogP contribution in [0.25, 0.3) is 0 Å². The summed E-state index contributed by atoms with van der Waals surface area (Å²) in [6.45, 7) is 7.93. The molecule has 0 spiro atoms. The molecule has 1 aliphatic heterocycles. The molecule has 0 saturated carbocycles. The first-order valence-corrected chi connectivity index (χ1v) is 9.61. The summed E-state index contributed by atoms with van der Waals surface area (Å²) in [5.41, 5.74) is 3.81. The summed E-state index contributed by atoms with van der Waals surface area (Å²) in [7, 11) is 2.09. The van der Waals surface area contributed by atoms with Crippen LogP contribution in [-0.4, -0.2) is 61.4 Å². The number of amides is 2. The Morgan fingerprint density at radius 2 is 1.54 bits per heavy atom. The smallest absolute Gasteiger partial charge is 0.257 e. The summed E-state index contributed by atoms with van der Waals surface area (Å²) in [5.74, 6) is -0.329. The van der Waals surface area contributed by atoms with Crippen LogP contribution < -0.4 is 10.6 Å². The van der Waals surface area contributed by atoms with Crippen molar-refractivity contribution in [2.75, 3.05) is 50.4 Å². The predicted octanol–water partition coefficient (Wildman–Crippen LogP) is 2.74. The predicted molar refractivity (Wildman–Crippen MR) is 113 cm³/mol. The third-order valence-corrected chi connectivity index (χ3v) is 5.13. The van der Waals surface area contributed by atoms with Gasteiger partial charge in [-0.1, -0.05) is 30.3 Å². The van der Waals surface area contributed by atoms with Crippen molar-refractivity contribution in [1.29, 1.82) is 0 Å². The first kappa shape index (κ1) is 20.0. The van der Waals surface area contributed by atoms with E-state index >= 15 is 0 Å². The molecule has 0 aliphatic carbocycles. The van der Waals surface area contributed by atoms with Crippen LogP contribution in [0, 0.1) is 13.8 Å². The molecule has 2 aromatic carbocycles. The van der Waals surface area contributed by atoms with Crippen molar-refractivity contribution in [3.05, 3.63) is 59.2 Å². The standard InChI is InChI=1S/C22H28N4O2/c1-16-7-6-8-17(2)21(16)24-22(28)18-9-4-5-10-19(18)23-20(27)15-26-13-11-25(3)12-14-26/h4-10H,11-15H2,1-3H3,(H,23,27)(H,24,28). The van der Waals surface area contributed by atoms with Crippen LogP contribution in [0.1, 0.15) is 21.5 Å². The highest BCUT2D eigenvalue weighted by atomic mass is 16.2. The number of nitrogens with one attached hydrogen (secondary N) is 2. The molecular weight excluding hydrogens is 352 g/mol. The number of piperazine rings is 1. The molecule has 3 rings (SSSR count). The normalized spacial score (nSPS) is 15.2. The second-order valence-corrected chi connectivity index (χ2v) is 7.39. The van der Waals surface area contributed by atoms with Gasteiger partial charge in [0.15, 0.2) is 0 Å². The van der Waals surface area contributed by atoms with Gasteiger partial charge in [0.2, 0.25) is 5.91 Å². The minimum Gasteiger partial charge on any atom is -0.324 e. The van der Waals surface area contributed by atoms with E-state index in [1.165, 1.54) is 0 Å². The molecule has 148 valence electrons. The van der Waals surface area contributed by atoms with Gasteiger partial charge in [-0.25, -0.2) is 0 Å². The molecule has 1 heterocycles. The largest absolute Gasteiger partial charge is 0.324 e. The molecule has 28 heavy (non-hydrogen) atoms. The van der Waals surface area contributed by atoms with E-state index in [1.807, 2.05) is 38.1 Å². The van der Waals surface area contributed by atoms with E-state index in [0.29, 0.717) is 17.8 Å². The topological polar surface area (TPSA) is 64.7 Å². The SMILES string of the molecule is Cc1cccc(C)c1NC(=O)c1ccccc1NC(=O)CN1CCN(C)CC1. The van der Waals surface area contributed by atoms with Gasteiger partial charge in [0.25, 0.3) is 5.91 Å². The fourth-order valence-corrected chi connectivity index (χ4v) is 3.38. The van der Waals surface area contributed by atoms with Crippen LogP contribution >= 0.6 is 0 Å². The zero-order valence-corrected chi connectivity index (χ0v) is 16.8. The van der Waals surface area contributed by atoms with Gasteiger partial charge in [-0.3, -0.25) is 14.5 Å². The number of aryl methyl sites for hydroxylation is 2. The Bertz CT molecular complexity index is 837. The van der Waals surface area contributed by atoms with Crippen molar-refractivity contribution in [2.45, 2.75) is 13.8 Å². The van der Waals surface area contributed by atoms with Gasteiger partial charge in [0, 0.05) is 31.9 Å². The molecule has 2 aromatic rings. The van der Waals surface area contributed by atoms with Crippen LogP contribution in [0.2, 0.25) is 0 Å². The van der Waals surface area contributed by atoms with Crippen molar-refractivity contribution < 1.29 is 9.59 Å². The minimum absolute atomic E-state index is 0.100. The summed E-state index contributed by atoms with van der Waals surface area (Å²) in [4.78, 5) is 29.8. The fourth-order valence-electron chi connectivity index (χ4n) is 3.38. The van der Waals surface area contributed by atoms with E-state index in [0.717, 1.165) is 43.0 Å². The molecule has 6 nitrogen and oxygen atoms in total. The number of carbonyl (C=O) groups excluding carboxylic acids is 2. The first-order chi connectivity index (χ1) is 13.4. The maximum absolute atomic E-state index is 12.9. The lowest BCUT2D eigenvalue weighted by atomic mass is 10.1. The van der Waals surface area contributed by atoms with Crippen molar-refractivity contribution in [3.8, 4) is 0 Å². The maximum Gasteiger partial charge on any atom is 0.257 e. The average Bonchev–Trinajstić information content (AvgIpc) is 2.67. The van der Waals surface area contributed by atoms with E-state index in [4.69, 9.17) is 0 Å². The molecule has 1 fully saturated rings. The highest BCUT2D eigenvalue weighted by Crippen LogP contribution is 2.22. The zero-order chi connectivity index (χ0) is 20.1. The Balaban J connectivity index is 1.68. The van der Waals surface area contributed by atoms with Crippen LogP contribution in [0.4, 0.5) is 11.4 Å². The third-order valence-electron chi connectivity index (χ3n) is 5.13. The lowest BCUT2D eigenvalue weighted by Crippen LogP contribution is -2.47. The molecule has 2 amide bonds. The van der Waals surface area contributed by atoms with Gasteiger partial charge in [0.05, 0.1) is 17.8 Å². The van der Waals surface area contributed by atoms with Crippen molar-refractivity contribution in [1.82, 2.24) is 9.80 Å². The summed E-state index contributed by atoms with van der Waals surface area (Å²) >= 11 is 0. The Morgan fingerprint density at radius 1 is 0.893 bits per heavy atom. The Labute approximate surface area is 166 Å². The molecule has 1 saturated heterocycles. The number of rotatable bonds is 5. The Morgan fingerprint density at radius 3 is 2.21 bits per heavy atom. The van der Waals surface area contributed by atoms with Crippen LogP contribution in [-0.2, 0) is 4.79 Å². The number of carbonyl (C=O) groups is 2. The fraction of sp³-hybridized carbons (Fsp3) is 0.364. The average molecular weight is 380 g/mol. The molecule has 0 atom stereocenters. The molecular formula is C22H28N4O2. The van der Waals surface area contributed by atoms with Crippen LogP contribution in [0.5, 0.6) is 0 Å². The second kappa shape index (κ2) is 8.99. The number of likely N-dealkylation sites (N-methyl/N-ethyl adjacent to an activating group) is 1. The van der Waals surface area contributed by atoms with Crippen molar-refractivity contribution in [2.24, 2.45) is 0 Å². The zero-order valence-electron chi connectivity index (χ0n) is 16.8. The monoisotopic (exact) mass is 380 g/mol. The molecule has 1 aliphatic rings. The Kier molecular flexibility index (Phi) is 6.44. The van der Waals surface area contributed by atoms with Gasteiger partial charge < -0.3 is 15.5 Å². The van der Waals surface area contributed by atoms with Gasteiger partial charge in [-0.15, -0.1) is 0 Å². The van der Waals surface area contributed by atoms with E-state index < -0.39 is 0 Å². The number of para-hydroxylation sites is 2. The van der Waals surface area contributed by atoms with Gasteiger partial charge in [-0.05, 0) is 44.2 Å². The number of benzene rings is 2. The lowest BCUT2D eigenvalue weighted by molar-refractivity contribution is -0.117. The van der Waals surface area contributed by atoms with Gasteiger partial charge in [-0.2, -0.15) is 0 Å². The van der Waals surface area contributed by atoms with E-state index in [9.17, 15) is 9.59 Å². The highest BCUT2D eigenvalue weighted by Gasteiger charge is 2.19. The van der Waals surface area contributed by atoms with Crippen molar-refractivity contribution >= 4 is 23.2 Å². The van der Waals surface area contributed by atoms with E-state index in [-0.39, 0.29) is 11.8 Å². The van der Waals surface area contributed by atoms with E-state index in [1.54, 1.807) is 18.2 Å². The van der Waals surface area contributed by atoms with Crippen LogP contribution in [0.3, 0.4) is 0 Å². The maximum atomic E-state index is 12.9. The van der Waals surface area contributed by atoms with Crippen LogP contribution in [0.15, 0.2) is 42.5 Å². The number of anilines is 2. The minimum atomic E-state index is -0.229. The molecule has 0 radical (unpaired) electrons. The van der Waals surface area contributed by atoms with Gasteiger partial charge >= 0.3 is 0 Å². The Hall–Kier alpha value is -2.70. The summed E-state index contributed by atoms with van der Waals surface area (Å²) in [5, 5.41) is 5.90. The number of hydrogen-bond donors (Lipinski definition) is 2. The van der Waals surface area contributed by atoms with Gasteiger partial charge in [0.1, 0.15) is 0 Å². The quantitative estimate of drug-likeness (QED) is 0.837. The molecule has 0 bridgehead atoms. The molecule has 6 heteroatoms. The molecule has 0 aromatic heterocycles. The number of hydrogen-bond acceptors (Lipinski definition) is 4. The molecule has 2 N–H and O–H groups in total. The first-order valence-electron chi connectivity index (χ1n) is 9.61. The summed E-state index contributed by atoms with van der Waals surface area (Å²) < 4.78 is 0. The van der Waals surface area contributed by atoms with E-state index in [2.05, 4.69) is 27.5 Å². The second-order valence-electron chi connectivity index (χ2n) is 7.39. The third kappa shape index (κ3) is 4.97.